The van der Waals surface area contributed by atoms with Gasteiger partial charge in [0, 0.05) is 29.6 Å². The lowest BCUT2D eigenvalue weighted by Crippen LogP contribution is -2.06. The molecule has 3 aromatic rings. The predicted molar refractivity (Wildman–Crippen MR) is 106 cm³/mol. The van der Waals surface area contributed by atoms with E-state index in [0.29, 0.717) is 28.4 Å². The summed E-state index contributed by atoms with van der Waals surface area (Å²) in [6.45, 7) is 4.11. The van der Waals surface area contributed by atoms with Crippen LogP contribution >= 0.6 is 0 Å². The van der Waals surface area contributed by atoms with Crippen molar-refractivity contribution in [1.82, 2.24) is 14.8 Å². The first-order valence-corrected chi connectivity index (χ1v) is 8.84. The number of hydrogen-bond acceptors (Lipinski definition) is 6. The maximum atomic E-state index is 11.7. The first-order chi connectivity index (χ1) is 13.6. The summed E-state index contributed by atoms with van der Waals surface area (Å²) in [6.07, 6.45) is 4.21. The van der Waals surface area contributed by atoms with Crippen LogP contribution in [0, 0.1) is 0 Å². The predicted octanol–water partition coefficient (Wildman–Crippen LogP) is 4.03. The quantitative estimate of drug-likeness (QED) is 0.575. The van der Waals surface area contributed by atoms with Crippen LogP contribution in [0.15, 0.2) is 36.7 Å². The Kier molecular flexibility index (Phi) is 5.63. The summed E-state index contributed by atoms with van der Waals surface area (Å²) in [7, 11) is 4.55. The summed E-state index contributed by atoms with van der Waals surface area (Å²) in [5.41, 5.74) is 3.45. The lowest BCUT2D eigenvalue weighted by Gasteiger charge is -2.19. The Hall–Kier alpha value is -3.35. The van der Waals surface area contributed by atoms with Crippen molar-refractivity contribution in [1.29, 1.82) is 0 Å². The first-order valence-electron chi connectivity index (χ1n) is 8.84. The van der Waals surface area contributed by atoms with E-state index in [1.54, 1.807) is 25.6 Å². The molecule has 0 aliphatic carbocycles. The molecule has 0 aliphatic rings. The standard InChI is InChI=1S/C21H23N3O4/c1-13(2)24-17(8-10-23-24)18-15(7-6-9-22-18)16-11-14(12-25)19(26-3)21(28-5)20(16)27-4/h6-13H,1-5H3. The summed E-state index contributed by atoms with van der Waals surface area (Å²) >= 11 is 0. The zero-order valence-corrected chi connectivity index (χ0v) is 16.6. The summed E-state index contributed by atoms with van der Waals surface area (Å²) in [5, 5.41) is 4.41. The molecule has 0 aliphatic heterocycles. The van der Waals surface area contributed by atoms with Crippen LogP contribution in [-0.2, 0) is 0 Å². The lowest BCUT2D eigenvalue weighted by molar-refractivity contribution is 0.112. The zero-order chi connectivity index (χ0) is 20.3. The van der Waals surface area contributed by atoms with Gasteiger partial charge >= 0.3 is 0 Å². The minimum Gasteiger partial charge on any atom is -0.492 e. The van der Waals surface area contributed by atoms with E-state index < -0.39 is 0 Å². The number of aldehydes is 1. The number of aromatic nitrogens is 3. The maximum absolute atomic E-state index is 11.7. The minimum atomic E-state index is 0.165. The number of benzene rings is 1. The molecule has 28 heavy (non-hydrogen) atoms. The first kappa shape index (κ1) is 19.4. The molecule has 0 radical (unpaired) electrons. The van der Waals surface area contributed by atoms with Gasteiger partial charge in [0.05, 0.1) is 38.3 Å². The third-order valence-corrected chi connectivity index (χ3v) is 4.46. The van der Waals surface area contributed by atoms with E-state index in [9.17, 15) is 4.79 Å². The molecule has 0 bridgehead atoms. The number of nitrogens with zero attached hydrogens (tertiary/aromatic N) is 3. The third-order valence-electron chi connectivity index (χ3n) is 4.46. The molecule has 7 nitrogen and oxygen atoms in total. The molecule has 0 spiro atoms. The molecule has 146 valence electrons. The highest BCUT2D eigenvalue weighted by molar-refractivity contribution is 5.92. The van der Waals surface area contributed by atoms with Crippen molar-refractivity contribution in [3.8, 4) is 39.8 Å². The number of carbonyl (C=O) groups excluding carboxylic acids is 1. The van der Waals surface area contributed by atoms with E-state index in [4.69, 9.17) is 14.2 Å². The van der Waals surface area contributed by atoms with Crippen LogP contribution in [0.25, 0.3) is 22.5 Å². The van der Waals surface area contributed by atoms with Gasteiger partial charge in [0.15, 0.2) is 17.8 Å². The molecule has 0 saturated carbocycles. The van der Waals surface area contributed by atoms with E-state index >= 15 is 0 Å². The van der Waals surface area contributed by atoms with E-state index in [1.165, 1.54) is 14.2 Å². The van der Waals surface area contributed by atoms with Crippen molar-refractivity contribution in [2.24, 2.45) is 0 Å². The molecular formula is C21H23N3O4. The second kappa shape index (κ2) is 8.12. The number of rotatable bonds is 7. The average Bonchev–Trinajstić information content (AvgIpc) is 3.22. The fourth-order valence-corrected chi connectivity index (χ4v) is 3.27. The van der Waals surface area contributed by atoms with Gasteiger partial charge in [0.25, 0.3) is 0 Å². The molecule has 2 aromatic heterocycles. The van der Waals surface area contributed by atoms with Gasteiger partial charge < -0.3 is 14.2 Å². The van der Waals surface area contributed by atoms with E-state index in [0.717, 1.165) is 23.2 Å². The van der Waals surface area contributed by atoms with Gasteiger partial charge in [0.2, 0.25) is 5.75 Å². The van der Waals surface area contributed by atoms with Gasteiger partial charge in [-0.2, -0.15) is 5.10 Å². The molecule has 0 unspecified atom stereocenters. The van der Waals surface area contributed by atoms with Crippen molar-refractivity contribution in [3.05, 3.63) is 42.2 Å². The number of pyridine rings is 1. The Bertz CT molecular complexity index is 995. The second-order valence-corrected chi connectivity index (χ2v) is 6.39. The van der Waals surface area contributed by atoms with Gasteiger partial charge in [-0.25, -0.2) is 0 Å². The van der Waals surface area contributed by atoms with Crippen LogP contribution in [0.2, 0.25) is 0 Å². The maximum Gasteiger partial charge on any atom is 0.204 e. The summed E-state index contributed by atoms with van der Waals surface area (Å²) in [6, 6.07) is 7.57. The van der Waals surface area contributed by atoms with Crippen LogP contribution in [0.1, 0.15) is 30.2 Å². The van der Waals surface area contributed by atoms with Crippen LogP contribution < -0.4 is 14.2 Å². The Morgan fingerprint density at radius 3 is 2.29 bits per heavy atom. The normalized spacial score (nSPS) is 10.8. The number of ether oxygens (including phenoxy) is 3. The van der Waals surface area contributed by atoms with Gasteiger partial charge in [-0.15, -0.1) is 0 Å². The van der Waals surface area contributed by atoms with E-state index in [2.05, 4.69) is 23.9 Å². The molecule has 1 aromatic carbocycles. The average molecular weight is 381 g/mol. The van der Waals surface area contributed by atoms with Crippen LogP contribution in [-0.4, -0.2) is 42.4 Å². The zero-order valence-electron chi connectivity index (χ0n) is 16.6. The molecular weight excluding hydrogens is 358 g/mol. The molecule has 0 saturated heterocycles. The monoisotopic (exact) mass is 381 g/mol. The second-order valence-electron chi connectivity index (χ2n) is 6.39. The molecule has 7 heteroatoms. The van der Waals surface area contributed by atoms with Gasteiger partial charge in [0.1, 0.15) is 0 Å². The lowest BCUT2D eigenvalue weighted by atomic mass is 9.97. The molecule has 0 N–H and O–H groups in total. The van der Waals surface area contributed by atoms with Crippen molar-refractivity contribution < 1.29 is 19.0 Å². The Morgan fingerprint density at radius 2 is 1.68 bits per heavy atom. The van der Waals surface area contributed by atoms with E-state index in [1.807, 2.05) is 22.9 Å². The summed E-state index contributed by atoms with van der Waals surface area (Å²) in [4.78, 5) is 16.3. The van der Waals surface area contributed by atoms with Crippen LogP contribution in [0.4, 0.5) is 0 Å². The highest BCUT2D eigenvalue weighted by atomic mass is 16.5. The summed E-state index contributed by atoms with van der Waals surface area (Å²) in [5.74, 6) is 1.15. The Morgan fingerprint density at radius 1 is 0.964 bits per heavy atom. The number of hydrogen-bond donors (Lipinski definition) is 0. The van der Waals surface area contributed by atoms with Crippen molar-refractivity contribution in [2.75, 3.05) is 21.3 Å². The number of carbonyl (C=O) groups is 1. The summed E-state index contributed by atoms with van der Waals surface area (Å²) < 4.78 is 18.4. The van der Waals surface area contributed by atoms with Crippen molar-refractivity contribution in [3.63, 3.8) is 0 Å². The fourth-order valence-electron chi connectivity index (χ4n) is 3.27. The third kappa shape index (κ3) is 3.19. The van der Waals surface area contributed by atoms with E-state index in [-0.39, 0.29) is 6.04 Å². The number of methoxy groups -OCH3 is 3. The van der Waals surface area contributed by atoms with Crippen molar-refractivity contribution in [2.45, 2.75) is 19.9 Å². The molecule has 0 amide bonds. The van der Waals surface area contributed by atoms with Gasteiger partial charge in [-0.05, 0) is 32.0 Å². The fraction of sp³-hybridized carbons (Fsp3) is 0.286. The van der Waals surface area contributed by atoms with Crippen LogP contribution in [0.5, 0.6) is 17.2 Å². The molecule has 2 heterocycles. The minimum absolute atomic E-state index is 0.165. The van der Waals surface area contributed by atoms with Crippen molar-refractivity contribution >= 4 is 6.29 Å². The molecule has 0 fully saturated rings. The van der Waals surface area contributed by atoms with Crippen LogP contribution in [0.3, 0.4) is 0 Å². The topological polar surface area (TPSA) is 75.5 Å². The highest BCUT2D eigenvalue weighted by Gasteiger charge is 2.24. The Balaban J connectivity index is 2.34. The SMILES string of the molecule is COc1c(C=O)cc(-c2cccnc2-c2ccnn2C(C)C)c(OC)c1OC. The molecule has 0 atom stereocenters. The Labute approximate surface area is 163 Å². The van der Waals surface area contributed by atoms with Gasteiger partial charge in [-0.3, -0.25) is 14.5 Å². The molecule has 3 rings (SSSR count). The largest absolute Gasteiger partial charge is 0.492 e. The highest BCUT2D eigenvalue weighted by Crippen LogP contribution is 2.47. The smallest absolute Gasteiger partial charge is 0.204 e. The van der Waals surface area contributed by atoms with Gasteiger partial charge in [-0.1, -0.05) is 6.07 Å².